The SMILES string of the molecule is C=C(C=C(F)F)c1ccsc1. The summed E-state index contributed by atoms with van der Waals surface area (Å²) in [5, 5.41) is 3.60. The minimum Gasteiger partial charge on any atom is -0.173 e. The summed E-state index contributed by atoms with van der Waals surface area (Å²) in [7, 11) is 0. The van der Waals surface area contributed by atoms with Gasteiger partial charge in [-0.25, -0.2) is 0 Å². The molecule has 0 atom stereocenters. The van der Waals surface area contributed by atoms with Crippen LogP contribution < -0.4 is 0 Å². The van der Waals surface area contributed by atoms with E-state index in [1.807, 2.05) is 5.38 Å². The molecule has 1 heterocycles. The zero-order valence-corrected chi connectivity index (χ0v) is 6.50. The average Bonchev–Trinajstić information content (AvgIpc) is 2.35. The molecule has 0 aliphatic heterocycles. The van der Waals surface area contributed by atoms with E-state index in [2.05, 4.69) is 6.58 Å². The van der Waals surface area contributed by atoms with Crippen LogP contribution in [0, 0.1) is 0 Å². The topological polar surface area (TPSA) is 0 Å². The van der Waals surface area contributed by atoms with Crippen molar-refractivity contribution in [2.45, 2.75) is 0 Å². The lowest BCUT2D eigenvalue weighted by Crippen LogP contribution is -1.71. The Labute approximate surface area is 67.5 Å². The second-order valence-electron chi connectivity index (χ2n) is 1.97. The molecule has 0 nitrogen and oxygen atoms in total. The lowest BCUT2D eigenvalue weighted by Gasteiger charge is -1.91. The maximum atomic E-state index is 11.7. The van der Waals surface area contributed by atoms with Gasteiger partial charge in [0.25, 0.3) is 6.08 Å². The lowest BCUT2D eigenvalue weighted by molar-refractivity contribution is 0.422. The van der Waals surface area contributed by atoms with Crippen molar-refractivity contribution in [1.82, 2.24) is 0 Å². The van der Waals surface area contributed by atoms with E-state index in [0.717, 1.165) is 11.6 Å². The third-order valence-corrected chi connectivity index (χ3v) is 1.86. The molecule has 0 aliphatic carbocycles. The first-order valence-corrected chi connectivity index (χ1v) is 3.88. The number of allylic oxidation sites excluding steroid dienone is 2. The lowest BCUT2D eigenvalue weighted by atomic mass is 10.2. The molecule has 0 aromatic carbocycles. The molecule has 58 valence electrons. The van der Waals surface area contributed by atoms with Gasteiger partial charge in [0.05, 0.1) is 0 Å². The van der Waals surface area contributed by atoms with Gasteiger partial charge in [-0.3, -0.25) is 0 Å². The molecule has 0 radical (unpaired) electrons. The average molecular weight is 172 g/mol. The molecule has 11 heavy (non-hydrogen) atoms. The molecule has 0 amide bonds. The van der Waals surface area contributed by atoms with Crippen LogP contribution in [-0.2, 0) is 0 Å². The summed E-state index contributed by atoms with van der Waals surface area (Å²) in [6.45, 7) is 3.49. The van der Waals surface area contributed by atoms with Gasteiger partial charge in [0.2, 0.25) is 0 Å². The summed E-state index contributed by atoms with van der Waals surface area (Å²) >= 11 is 1.46. The van der Waals surface area contributed by atoms with Crippen molar-refractivity contribution in [3.8, 4) is 0 Å². The molecule has 0 spiro atoms. The van der Waals surface area contributed by atoms with Crippen LogP contribution >= 0.6 is 11.3 Å². The molecular formula is C8H6F2S. The Morgan fingerprint density at radius 1 is 1.55 bits per heavy atom. The Morgan fingerprint density at radius 2 is 2.27 bits per heavy atom. The molecule has 1 aromatic heterocycles. The maximum absolute atomic E-state index is 11.7. The Kier molecular flexibility index (Phi) is 2.54. The van der Waals surface area contributed by atoms with Crippen LogP contribution in [0.1, 0.15) is 5.56 Å². The molecule has 1 rings (SSSR count). The molecule has 0 saturated heterocycles. The first-order chi connectivity index (χ1) is 5.20. The zero-order valence-electron chi connectivity index (χ0n) is 5.68. The summed E-state index contributed by atoms with van der Waals surface area (Å²) in [6.07, 6.45) is -0.941. The van der Waals surface area contributed by atoms with Gasteiger partial charge in [0, 0.05) is 6.08 Å². The fourth-order valence-corrected chi connectivity index (χ4v) is 1.34. The van der Waals surface area contributed by atoms with Crippen LogP contribution in [0.2, 0.25) is 0 Å². The maximum Gasteiger partial charge on any atom is 0.270 e. The van der Waals surface area contributed by atoms with Crippen molar-refractivity contribution < 1.29 is 8.78 Å². The molecule has 0 fully saturated rings. The van der Waals surface area contributed by atoms with Crippen molar-refractivity contribution in [1.29, 1.82) is 0 Å². The number of halogens is 2. The van der Waals surface area contributed by atoms with Gasteiger partial charge in [-0.15, -0.1) is 0 Å². The highest BCUT2D eigenvalue weighted by atomic mass is 32.1. The Morgan fingerprint density at radius 3 is 2.73 bits per heavy atom. The third-order valence-electron chi connectivity index (χ3n) is 1.18. The van der Waals surface area contributed by atoms with E-state index in [-0.39, 0.29) is 0 Å². The van der Waals surface area contributed by atoms with Gasteiger partial charge < -0.3 is 0 Å². The van der Waals surface area contributed by atoms with E-state index in [0.29, 0.717) is 5.57 Å². The van der Waals surface area contributed by atoms with Crippen LogP contribution in [0.15, 0.2) is 35.6 Å². The van der Waals surface area contributed by atoms with Gasteiger partial charge in [0.15, 0.2) is 0 Å². The van der Waals surface area contributed by atoms with E-state index < -0.39 is 6.08 Å². The fourth-order valence-electron chi connectivity index (χ4n) is 0.662. The second-order valence-corrected chi connectivity index (χ2v) is 2.75. The van der Waals surface area contributed by atoms with E-state index in [9.17, 15) is 8.78 Å². The molecule has 1 aromatic rings. The number of thiophene rings is 1. The Hall–Kier alpha value is -0.960. The highest BCUT2D eigenvalue weighted by molar-refractivity contribution is 7.08. The first kappa shape index (κ1) is 8.14. The Balaban J connectivity index is 2.80. The molecule has 0 bridgehead atoms. The smallest absolute Gasteiger partial charge is 0.173 e. The van der Waals surface area contributed by atoms with Crippen LogP contribution in [-0.4, -0.2) is 0 Å². The summed E-state index contributed by atoms with van der Waals surface area (Å²) in [6, 6.07) is 1.76. The number of hydrogen-bond donors (Lipinski definition) is 0. The van der Waals surface area contributed by atoms with Crippen LogP contribution in [0.3, 0.4) is 0 Å². The van der Waals surface area contributed by atoms with Crippen LogP contribution in [0.5, 0.6) is 0 Å². The molecule has 0 N–H and O–H groups in total. The van der Waals surface area contributed by atoms with Gasteiger partial charge in [-0.1, -0.05) is 6.58 Å². The van der Waals surface area contributed by atoms with Crippen LogP contribution in [0.4, 0.5) is 8.78 Å². The summed E-state index contributed by atoms with van der Waals surface area (Å²) in [5.74, 6) is 0. The molecule has 0 unspecified atom stereocenters. The van der Waals surface area contributed by atoms with Crippen molar-refractivity contribution in [2.75, 3.05) is 0 Å². The molecule has 3 heteroatoms. The predicted octanol–water partition coefficient (Wildman–Crippen LogP) is 3.54. The summed E-state index contributed by atoms with van der Waals surface area (Å²) in [5.41, 5.74) is 1.11. The minimum absolute atomic E-state index is 0.353. The normalized spacial score (nSPS) is 9.27. The fraction of sp³-hybridized carbons (Fsp3) is 0. The van der Waals surface area contributed by atoms with Crippen LogP contribution in [0.25, 0.3) is 5.57 Å². The van der Waals surface area contributed by atoms with Gasteiger partial charge in [-0.2, -0.15) is 20.1 Å². The standard InChI is InChI=1S/C8H6F2S/c1-6(4-8(9)10)7-2-3-11-5-7/h2-5H,1H2. The monoisotopic (exact) mass is 172 g/mol. The highest BCUT2D eigenvalue weighted by Crippen LogP contribution is 2.18. The zero-order chi connectivity index (χ0) is 8.27. The largest absolute Gasteiger partial charge is 0.270 e. The van der Waals surface area contributed by atoms with Gasteiger partial charge >= 0.3 is 0 Å². The molecular weight excluding hydrogens is 166 g/mol. The van der Waals surface area contributed by atoms with Crippen molar-refractivity contribution >= 4 is 16.9 Å². The van der Waals surface area contributed by atoms with Crippen molar-refractivity contribution in [3.05, 3.63) is 41.1 Å². The quantitative estimate of drug-likeness (QED) is 0.598. The number of rotatable bonds is 2. The molecule has 0 aliphatic rings. The van der Waals surface area contributed by atoms with Gasteiger partial charge in [-0.05, 0) is 28.0 Å². The van der Waals surface area contributed by atoms with E-state index in [1.165, 1.54) is 11.3 Å². The summed E-state index contributed by atoms with van der Waals surface area (Å²) < 4.78 is 23.4. The summed E-state index contributed by atoms with van der Waals surface area (Å²) in [4.78, 5) is 0. The molecule has 0 saturated carbocycles. The third kappa shape index (κ3) is 2.27. The minimum atomic E-state index is -1.71. The van der Waals surface area contributed by atoms with Gasteiger partial charge in [0.1, 0.15) is 0 Å². The van der Waals surface area contributed by atoms with Crippen molar-refractivity contribution in [3.63, 3.8) is 0 Å². The van der Waals surface area contributed by atoms with Crippen molar-refractivity contribution in [2.24, 2.45) is 0 Å². The Bertz CT molecular complexity index is 268. The van der Waals surface area contributed by atoms with E-state index in [1.54, 1.807) is 11.4 Å². The predicted molar refractivity (Wildman–Crippen MR) is 43.7 cm³/mol. The first-order valence-electron chi connectivity index (χ1n) is 2.94. The number of hydrogen-bond acceptors (Lipinski definition) is 1. The van der Waals surface area contributed by atoms with E-state index >= 15 is 0 Å². The highest BCUT2D eigenvalue weighted by Gasteiger charge is 1.97. The second kappa shape index (κ2) is 3.44. The van der Waals surface area contributed by atoms with E-state index in [4.69, 9.17) is 0 Å².